The third-order valence-electron chi connectivity index (χ3n) is 4.10. The molecular formula is C21H19N5O2. The van der Waals surface area contributed by atoms with E-state index in [0.29, 0.717) is 11.3 Å². The quantitative estimate of drug-likeness (QED) is 0.527. The van der Waals surface area contributed by atoms with Gasteiger partial charge in [-0.1, -0.05) is 36.4 Å². The Hall–Kier alpha value is -3.92. The van der Waals surface area contributed by atoms with Crippen molar-refractivity contribution in [2.75, 3.05) is 12.5 Å². The van der Waals surface area contributed by atoms with E-state index in [-0.39, 0.29) is 11.5 Å². The van der Waals surface area contributed by atoms with Gasteiger partial charge < -0.3 is 4.74 Å². The van der Waals surface area contributed by atoms with Gasteiger partial charge in [0.15, 0.2) is 0 Å². The molecule has 2 N–H and O–H groups in total. The minimum absolute atomic E-state index is 0.0447. The van der Waals surface area contributed by atoms with Gasteiger partial charge in [0.05, 0.1) is 19.0 Å². The van der Waals surface area contributed by atoms with E-state index in [9.17, 15) is 10.1 Å². The van der Waals surface area contributed by atoms with Crippen LogP contribution >= 0.6 is 0 Å². The number of anilines is 1. The maximum absolute atomic E-state index is 12.3. The Morgan fingerprint density at radius 3 is 2.68 bits per heavy atom. The molecule has 0 atom stereocenters. The molecule has 0 unspecified atom stereocenters. The molecular weight excluding hydrogens is 354 g/mol. The maximum atomic E-state index is 12.3. The van der Waals surface area contributed by atoms with E-state index in [1.807, 2.05) is 50.2 Å². The van der Waals surface area contributed by atoms with Gasteiger partial charge in [-0.3, -0.25) is 9.78 Å². The molecule has 0 saturated heterocycles. The number of aromatic amines is 1. The molecule has 28 heavy (non-hydrogen) atoms. The van der Waals surface area contributed by atoms with Crippen LogP contribution in [0.4, 0.5) is 5.95 Å². The van der Waals surface area contributed by atoms with Crippen LogP contribution < -0.4 is 15.7 Å². The van der Waals surface area contributed by atoms with Crippen molar-refractivity contribution in [3.63, 3.8) is 0 Å². The number of nitriles is 1. The molecule has 1 aromatic heterocycles. The number of benzene rings is 2. The minimum Gasteiger partial charge on any atom is -0.496 e. The van der Waals surface area contributed by atoms with Crippen molar-refractivity contribution in [3.8, 4) is 23.1 Å². The lowest BCUT2D eigenvalue weighted by Gasteiger charge is -2.09. The maximum Gasteiger partial charge on any atom is 0.270 e. The number of nitrogens with zero attached hydrogens (tertiary/aromatic N) is 3. The topological polar surface area (TPSA) is 103 Å². The van der Waals surface area contributed by atoms with Crippen molar-refractivity contribution >= 4 is 12.2 Å². The van der Waals surface area contributed by atoms with Crippen LogP contribution in [0.3, 0.4) is 0 Å². The van der Waals surface area contributed by atoms with Gasteiger partial charge in [0.2, 0.25) is 5.95 Å². The molecule has 7 heteroatoms. The predicted octanol–water partition coefficient (Wildman–Crippen LogP) is 3.38. The summed E-state index contributed by atoms with van der Waals surface area (Å²) in [6.45, 7) is 3.95. The second-order valence-corrected chi connectivity index (χ2v) is 6.19. The summed E-state index contributed by atoms with van der Waals surface area (Å²) in [6, 6.07) is 14.9. The van der Waals surface area contributed by atoms with E-state index >= 15 is 0 Å². The highest BCUT2D eigenvalue weighted by molar-refractivity contribution is 5.85. The monoisotopic (exact) mass is 373 g/mol. The van der Waals surface area contributed by atoms with Gasteiger partial charge in [0.25, 0.3) is 5.56 Å². The number of hydrogen-bond donors (Lipinski definition) is 2. The Bertz CT molecular complexity index is 1130. The number of rotatable bonds is 5. The first-order valence-electron chi connectivity index (χ1n) is 8.57. The summed E-state index contributed by atoms with van der Waals surface area (Å²) in [6.07, 6.45) is 1.60. The predicted molar refractivity (Wildman–Crippen MR) is 109 cm³/mol. The van der Waals surface area contributed by atoms with Crippen molar-refractivity contribution in [1.29, 1.82) is 5.26 Å². The van der Waals surface area contributed by atoms with Gasteiger partial charge in [-0.2, -0.15) is 10.4 Å². The van der Waals surface area contributed by atoms with Crippen LogP contribution in [0.2, 0.25) is 0 Å². The van der Waals surface area contributed by atoms with Gasteiger partial charge in [0.1, 0.15) is 17.4 Å². The summed E-state index contributed by atoms with van der Waals surface area (Å²) in [5.74, 6) is 0.866. The highest BCUT2D eigenvalue weighted by atomic mass is 16.5. The summed E-state index contributed by atoms with van der Waals surface area (Å²) in [7, 11) is 1.61. The molecule has 0 saturated carbocycles. The fraction of sp³-hybridized carbons (Fsp3) is 0.143. The third-order valence-corrected chi connectivity index (χ3v) is 4.10. The number of hydrogen-bond acceptors (Lipinski definition) is 6. The second-order valence-electron chi connectivity index (χ2n) is 6.19. The Morgan fingerprint density at radius 1 is 1.25 bits per heavy atom. The molecule has 140 valence electrons. The van der Waals surface area contributed by atoms with Crippen molar-refractivity contribution < 1.29 is 4.74 Å². The molecule has 7 nitrogen and oxygen atoms in total. The van der Waals surface area contributed by atoms with Gasteiger partial charge in [-0.25, -0.2) is 10.4 Å². The molecule has 0 aliphatic heterocycles. The van der Waals surface area contributed by atoms with Crippen LogP contribution in [0.25, 0.3) is 11.3 Å². The normalized spacial score (nSPS) is 10.6. The van der Waals surface area contributed by atoms with Crippen molar-refractivity contribution in [2.45, 2.75) is 13.8 Å². The molecule has 0 radical (unpaired) electrons. The highest BCUT2D eigenvalue weighted by Gasteiger charge is 2.13. The average Bonchev–Trinajstić information content (AvgIpc) is 2.68. The Kier molecular flexibility index (Phi) is 5.51. The van der Waals surface area contributed by atoms with Gasteiger partial charge in [-0.05, 0) is 31.0 Å². The van der Waals surface area contributed by atoms with E-state index in [2.05, 4.69) is 20.5 Å². The molecule has 0 spiro atoms. The summed E-state index contributed by atoms with van der Waals surface area (Å²) in [4.78, 5) is 19.1. The Labute approximate surface area is 162 Å². The van der Waals surface area contributed by atoms with Crippen molar-refractivity contribution in [1.82, 2.24) is 9.97 Å². The number of nitrogens with one attached hydrogen (secondary N) is 2. The second kappa shape index (κ2) is 8.18. The van der Waals surface area contributed by atoms with Crippen LogP contribution in [-0.4, -0.2) is 23.3 Å². The Balaban J connectivity index is 1.95. The lowest BCUT2D eigenvalue weighted by atomic mass is 10.1. The van der Waals surface area contributed by atoms with Crippen molar-refractivity contribution in [3.05, 3.63) is 75.1 Å². The number of aryl methyl sites for hydroxylation is 2. The number of aromatic nitrogens is 2. The SMILES string of the molecule is COc1c(C)cc(C)cc1C=NNc1nc(-c2ccccc2)c(C#N)c(=O)[nH]1. The first-order valence-corrected chi connectivity index (χ1v) is 8.57. The number of hydrazone groups is 1. The fourth-order valence-corrected chi connectivity index (χ4v) is 2.96. The number of H-pyrrole nitrogens is 1. The van der Waals surface area contributed by atoms with Gasteiger partial charge in [-0.15, -0.1) is 0 Å². The van der Waals surface area contributed by atoms with E-state index in [1.165, 1.54) is 0 Å². The van der Waals surface area contributed by atoms with E-state index < -0.39 is 5.56 Å². The van der Waals surface area contributed by atoms with E-state index in [4.69, 9.17) is 4.74 Å². The fourth-order valence-electron chi connectivity index (χ4n) is 2.96. The average molecular weight is 373 g/mol. The van der Waals surface area contributed by atoms with Crippen LogP contribution in [0.5, 0.6) is 5.75 Å². The minimum atomic E-state index is -0.530. The van der Waals surface area contributed by atoms with E-state index in [1.54, 1.807) is 25.5 Å². The standard InChI is InChI=1S/C21H19N5O2/c1-13-9-14(2)19(28-3)16(10-13)12-23-26-21-24-18(15-7-5-4-6-8-15)17(11-22)20(27)25-21/h4-10,12H,1-3H3,(H2,24,25,26,27). The third kappa shape index (κ3) is 3.91. The largest absolute Gasteiger partial charge is 0.496 e. The molecule has 3 aromatic rings. The summed E-state index contributed by atoms with van der Waals surface area (Å²) in [5, 5.41) is 13.5. The number of ether oxygens (including phenoxy) is 1. The zero-order valence-electron chi connectivity index (χ0n) is 15.8. The van der Waals surface area contributed by atoms with Crippen LogP contribution in [-0.2, 0) is 0 Å². The highest BCUT2D eigenvalue weighted by Crippen LogP contribution is 2.23. The lowest BCUT2D eigenvalue weighted by molar-refractivity contribution is 0.411. The van der Waals surface area contributed by atoms with Gasteiger partial charge >= 0.3 is 0 Å². The summed E-state index contributed by atoms with van der Waals surface area (Å²) >= 11 is 0. The Morgan fingerprint density at radius 2 is 2.00 bits per heavy atom. The smallest absolute Gasteiger partial charge is 0.270 e. The zero-order chi connectivity index (χ0) is 20.1. The summed E-state index contributed by atoms with van der Waals surface area (Å²) < 4.78 is 5.43. The van der Waals surface area contributed by atoms with E-state index in [0.717, 1.165) is 22.4 Å². The lowest BCUT2D eigenvalue weighted by Crippen LogP contribution is -2.16. The van der Waals surface area contributed by atoms with Crippen LogP contribution in [0, 0.1) is 25.2 Å². The molecule has 0 bridgehead atoms. The van der Waals surface area contributed by atoms with Gasteiger partial charge in [0, 0.05) is 11.1 Å². The molecule has 0 aliphatic carbocycles. The van der Waals surface area contributed by atoms with Crippen molar-refractivity contribution in [2.24, 2.45) is 5.10 Å². The molecule has 3 rings (SSSR count). The van der Waals surface area contributed by atoms with Crippen LogP contribution in [0.1, 0.15) is 22.3 Å². The molecule has 0 aliphatic rings. The number of methoxy groups -OCH3 is 1. The molecule has 0 fully saturated rings. The molecule has 2 aromatic carbocycles. The van der Waals surface area contributed by atoms with Crippen LogP contribution in [0.15, 0.2) is 52.4 Å². The zero-order valence-corrected chi connectivity index (χ0v) is 15.8. The molecule has 0 amide bonds. The summed E-state index contributed by atoms with van der Waals surface area (Å²) in [5.41, 5.74) is 6.00. The first-order chi connectivity index (χ1) is 13.5. The molecule has 1 heterocycles. The first kappa shape index (κ1) is 18.9.